The van der Waals surface area contributed by atoms with E-state index in [1.807, 2.05) is 0 Å². The molecule has 1 rings (SSSR count). The van der Waals surface area contributed by atoms with Gasteiger partial charge in [-0.3, -0.25) is 4.68 Å². The molecule has 13 heavy (non-hydrogen) atoms. The maximum atomic E-state index is 11.6. The van der Waals surface area contributed by atoms with E-state index < -0.39 is 9.84 Å². The van der Waals surface area contributed by atoms with E-state index in [-0.39, 0.29) is 5.75 Å². The fourth-order valence-corrected chi connectivity index (χ4v) is 2.71. The number of aromatic nitrogens is 2. The first-order valence-electron chi connectivity index (χ1n) is 4.13. The van der Waals surface area contributed by atoms with Crippen molar-refractivity contribution in [2.24, 2.45) is 7.05 Å². The Hall–Kier alpha value is -0.840. The summed E-state index contributed by atoms with van der Waals surface area (Å²) in [5, 5.41) is 4.06. The van der Waals surface area contributed by atoms with Crippen molar-refractivity contribution in [2.45, 2.75) is 25.7 Å². The van der Waals surface area contributed by atoms with Crippen LogP contribution in [0.5, 0.6) is 0 Å². The van der Waals surface area contributed by atoms with E-state index in [4.69, 9.17) is 0 Å². The van der Waals surface area contributed by atoms with Gasteiger partial charge >= 0.3 is 0 Å². The molecule has 0 unspecified atom stereocenters. The van der Waals surface area contributed by atoms with E-state index in [0.29, 0.717) is 16.3 Å². The van der Waals surface area contributed by atoms with Gasteiger partial charge in [-0.2, -0.15) is 5.10 Å². The summed E-state index contributed by atoms with van der Waals surface area (Å²) in [5.41, 5.74) is 1.29. The molecular formula is C8H14N2O2S. The zero-order chi connectivity index (χ0) is 10.2. The first kappa shape index (κ1) is 10.2. The highest BCUT2D eigenvalue weighted by molar-refractivity contribution is 7.91. The Morgan fingerprint density at radius 2 is 1.92 bits per heavy atom. The van der Waals surface area contributed by atoms with Crippen LogP contribution in [0, 0.1) is 13.8 Å². The summed E-state index contributed by atoms with van der Waals surface area (Å²) in [6, 6.07) is 0. The molecule has 0 aliphatic heterocycles. The Kier molecular flexibility index (Phi) is 2.47. The van der Waals surface area contributed by atoms with Crippen LogP contribution in [0.4, 0.5) is 0 Å². The summed E-state index contributed by atoms with van der Waals surface area (Å²) in [7, 11) is -1.38. The highest BCUT2D eigenvalue weighted by atomic mass is 32.2. The van der Waals surface area contributed by atoms with Crippen LogP contribution >= 0.6 is 0 Å². The lowest BCUT2D eigenvalue weighted by atomic mass is 10.4. The molecule has 0 spiro atoms. The van der Waals surface area contributed by atoms with Crippen LogP contribution in [0.3, 0.4) is 0 Å². The van der Waals surface area contributed by atoms with E-state index >= 15 is 0 Å². The molecule has 0 bridgehead atoms. The summed E-state index contributed by atoms with van der Waals surface area (Å²) in [5.74, 6) is 0.125. The molecular weight excluding hydrogens is 188 g/mol. The summed E-state index contributed by atoms with van der Waals surface area (Å²) in [4.78, 5) is 0.387. The van der Waals surface area contributed by atoms with Gasteiger partial charge in [0.15, 0.2) is 9.84 Å². The van der Waals surface area contributed by atoms with E-state index in [2.05, 4.69) is 5.10 Å². The minimum Gasteiger partial charge on any atom is -0.271 e. The van der Waals surface area contributed by atoms with Crippen molar-refractivity contribution >= 4 is 9.84 Å². The molecule has 0 aliphatic carbocycles. The maximum Gasteiger partial charge on any atom is 0.181 e. The molecule has 0 radical (unpaired) electrons. The number of aryl methyl sites for hydroxylation is 2. The van der Waals surface area contributed by atoms with Gasteiger partial charge in [-0.15, -0.1) is 0 Å². The minimum absolute atomic E-state index is 0.125. The molecule has 0 aromatic carbocycles. The average molecular weight is 202 g/mol. The van der Waals surface area contributed by atoms with Crippen LogP contribution in [0.25, 0.3) is 0 Å². The Labute approximate surface area is 78.5 Å². The summed E-state index contributed by atoms with van der Waals surface area (Å²) in [6.45, 7) is 5.12. The average Bonchev–Trinajstić information content (AvgIpc) is 2.27. The highest BCUT2D eigenvalue weighted by Gasteiger charge is 2.21. The largest absolute Gasteiger partial charge is 0.271 e. The fourth-order valence-electron chi connectivity index (χ4n) is 1.35. The van der Waals surface area contributed by atoms with Crippen LogP contribution in [0.1, 0.15) is 18.3 Å². The van der Waals surface area contributed by atoms with Crippen LogP contribution in [-0.2, 0) is 16.9 Å². The van der Waals surface area contributed by atoms with Gasteiger partial charge in [0.25, 0.3) is 0 Å². The smallest absolute Gasteiger partial charge is 0.181 e. The molecule has 0 saturated carbocycles. The first-order valence-corrected chi connectivity index (χ1v) is 5.78. The van der Waals surface area contributed by atoms with Gasteiger partial charge in [0.2, 0.25) is 0 Å². The summed E-state index contributed by atoms with van der Waals surface area (Å²) in [6.07, 6.45) is 0. The second-order valence-corrected chi connectivity index (χ2v) is 5.24. The molecule has 0 amide bonds. The number of rotatable bonds is 2. The normalized spacial score (nSPS) is 12.0. The van der Waals surface area contributed by atoms with Crippen molar-refractivity contribution in [3.8, 4) is 0 Å². The Morgan fingerprint density at radius 1 is 1.38 bits per heavy atom. The first-order chi connectivity index (χ1) is 5.90. The lowest BCUT2D eigenvalue weighted by Gasteiger charge is -2.00. The Bertz CT molecular complexity index is 418. The second kappa shape index (κ2) is 3.14. The van der Waals surface area contributed by atoms with Crippen LogP contribution in [0.2, 0.25) is 0 Å². The lowest BCUT2D eigenvalue weighted by Crippen LogP contribution is -2.06. The molecule has 74 valence electrons. The Balaban J connectivity index is 3.47. The number of sulfone groups is 1. The van der Waals surface area contributed by atoms with Crippen LogP contribution in [-0.4, -0.2) is 24.0 Å². The zero-order valence-corrected chi connectivity index (χ0v) is 9.14. The van der Waals surface area contributed by atoms with Gasteiger partial charge in [0, 0.05) is 7.05 Å². The standard InChI is InChI=1S/C8H14N2O2S/c1-5-13(11,12)8-6(2)9-10(4)7(8)3/h5H2,1-4H3. The monoisotopic (exact) mass is 202 g/mol. The molecule has 1 heterocycles. The third-order valence-corrected chi connectivity index (χ3v) is 4.11. The predicted octanol–water partition coefficient (Wildman–Crippen LogP) is 0.831. The number of hydrogen-bond donors (Lipinski definition) is 0. The van der Waals surface area contributed by atoms with Crippen molar-refractivity contribution in [2.75, 3.05) is 5.75 Å². The van der Waals surface area contributed by atoms with Crippen molar-refractivity contribution in [1.82, 2.24) is 9.78 Å². The Morgan fingerprint density at radius 3 is 2.23 bits per heavy atom. The van der Waals surface area contributed by atoms with Crippen LogP contribution < -0.4 is 0 Å². The molecule has 0 N–H and O–H groups in total. The molecule has 0 fully saturated rings. The van der Waals surface area contributed by atoms with Crippen molar-refractivity contribution in [1.29, 1.82) is 0 Å². The summed E-state index contributed by atoms with van der Waals surface area (Å²) >= 11 is 0. The van der Waals surface area contributed by atoms with E-state index in [1.165, 1.54) is 0 Å². The maximum absolute atomic E-state index is 11.6. The van der Waals surface area contributed by atoms with E-state index in [1.54, 1.807) is 32.5 Å². The van der Waals surface area contributed by atoms with E-state index in [9.17, 15) is 8.42 Å². The topological polar surface area (TPSA) is 52.0 Å². The third-order valence-electron chi connectivity index (χ3n) is 2.13. The third kappa shape index (κ3) is 1.60. The molecule has 0 aliphatic rings. The van der Waals surface area contributed by atoms with Gasteiger partial charge in [-0.1, -0.05) is 6.92 Å². The molecule has 4 nitrogen and oxygen atoms in total. The molecule has 0 saturated heterocycles. The second-order valence-electron chi connectivity index (χ2n) is 3.03. The minimum atomic E-state index is -3.12. The van der Waals surface area contributed by atoms with Gasteiger partial charge < -0.3 is 0 Å². The quantitative estimate of drug-likeness (QED) is 0.713. The molecule has 1 aromatic heterocycles. The SMILES string of the molecule is CCS(=O)(=O)c1c(C)nn(C)c1C. The lowest BCUT2D eigenvalue weighted by molar-refractivity contribution is 0.595. The molecule has 0 atom stereocenters. The van der Waals surface area contributed by atoms with Crippen molar-refractivity contribution in [3.63, 3.8) is 0 Å². The predicted molar refractivity (Wildman–Crippen MR) is 50.4 cm³/mol. The van der Waals surface area contributed by atoms with Crippen molar-refractivity contribution in [3.05, 3.63) is 11.4 Å². The zero-order valence-electron chi connectivity index (χ0n) is 8.33. The molecule has 5 heteroatoms. The molecule has 1 aromatic rings. The van der Waals surface area contributed by atoms with Gasteiger partial charge in [0.1, 0.15) is 4.90 Å². The summed E-state index contributed by atoms with van der Waals surface area (Å²) < 4.78 is 24.8. The number of nitrogens with zero attached hydrogens (tertiary/aromatic N) is 2. The number of hydrogen-bond acceptors (Lipinski definition) is 3. The van der Waals surface area contributed by atoms with Gasteiger partial charge in [-0.05, 0) is 13.8 Å². The van der Waals surface area contributed by atoms with Crippen molar-refractivity contribution < 1.29 is 8.42 Å². The van der Waals surface area contributed by atoms with Gasteiger partial charge in [-0.25, -0.2) is 8.42 Å². The fraction of sp³-hybridized carbons (Fsp3) is 0.625. The van der Waals surface area contributed by atoms with E-state index in [0.717, 1.165) is 0 Å². The highest BCUT2D eigenvalue weighted by Crippen LogP contribution is 2.19. The van der Waals surface area contributed by atoms with Gasteiger partial charge in [0.05, 0.1) is 17.1 Å². The van der Waals surface area contributed by atoms with Crippen LogP contribution in [0.15, 0.2) is 4.90 Å².